The molecular weight excluding hydrogens is 556 g/mol. The Morgan fingerprint density at radius 1 is 0.907 bits per heavy atom. The van der Waals surface area contributed by atoms with Gasteiger partial charge in [0.15, 0.2) is 0 Å². The number of halogens is 4. The smallest absolute Gasteiger partial charge is 0.251 e. The van der Waals surface area contributed by atoms with Crippen LogP contribution in [0.5, 0.6) is 11.5 Å². The van der Waals surface area contributed by atoms with Crippen molar-refractivity contribution in [1.29, 1.82) is 0 Å². The van der Waals surface area contributed by atoms with E-state index in [1.54, 1.807) is 12.1 Å². The molecular formula is C35H40F4N2O2. The Morgan fingerprint density at radius 2 is 1.60 bits per heavy atom. The van der Waals surface area contributed by atoms with E-state index in [9.17, 15) is 8.78 Å². The first-order chi connectivity index (χ1) is 20.8. The summed E-state index contributed by atoms with van der Waals surface area (Å²) in [6.07, 6.45) is 3.87. The number of fused-ring (bicyclic) bond motifs is 1. The lowest BCUT2D eigenvalue weighted by Gasteiger charge is -2.43. The Hall–Kier alpha value is -3.10. The van der Waals surface area contributed by atoms with Gasteiger partial charge in [0, 0.05) is 23.7 Å². The number of rotatable bonds is 8. The van der Waals surface area contributed by atoms with Gasteiger partial charge in [-0.15, -0.1) is 0 Å². The molecule has 8 heteroatoms. The van der Waals surface area contributed by atoms with Gasteiger partial charge in [0.25, 0.3) is 6.43 Å². The molecule has 2 fully saturated rings. The van der Waals surface area contributed by atoms with Crippen LogP contribution in [0.4, 0.5) is 17.6 Å². The van der Waals surface area contributed by atoms with Crippen LogP contribution in [-0.2, 0) is 13.0 Å². The van der Waals surface area contributed by atoms with Crippen molar-refractivity contribution >= 4 is 0 Å². The van der Waals surface area contributed by atoms with Gasteiger partial charge < -0.3 is 14.8 Å². The highest BCUT2D eigenvalue weighted by Gasteiger charge is 2.39. The summed E-state index contributed by atoms with van der Waals surface area (Å²) >= 11 is 0. The average molecular weight is 597 g/mol. The lowest BCUT2D eigenvalue weighted by Crippen LogP contribution is -2.45. The molecule has 230 valence electrons. The molecule has 0 amide bonds. The fourth-order valence-electron chi connectivity index (χ4n) is 7.35. The third-order valence-corrected chi connectivity index (χ3v) is 9.71. The molecule has 1 saturated carbocycles. The van der Waals surface area contributed by atoms with Gasteiger partial charge in [-0.05, 0) is 99.2 Å². The summed E-state index contributed by atoms with van der Waals surface area (Å²) in [5.74, 6) is -0.790. The highest BCUT2D eigenvalue weighted by atomic mass is 19.3. The van der Waals surface area contributed by atoms with Gasteiger partial charge in [0.1, 0.15) is 29.7 Å². The minimum atomic E-state index is -2.65. The van der Waals surface area contributed by atoms with Crippen LogP contribution in [0.25, 0.3) is 0 Å². The summed E-state index contributed by atoms with van der Waals surface area (Å²) in [5, 5.41) is 3.42. The molecule has 2 heterocycles. The number of alkyl halides is 2. The molecule has 1 N–H and O–H groups in total. The highest BCUT2D eigenvalue weighted by molar-refractivity contribution is 5.46. The monoisotopic (exact) mass is 596 g/mol. The van der Waals surface area contributed by atoms with E-state index in [0.29, 0.717) is 29.8 Å². The van der Waals surface area contributed by atoms with Crippen molar-refractivity contribution < 1.29 is 27.0 Å². The summed E-state index contributed by atoms with van der Waals surface area (Å²) < 4.78 is 71.4. The molecule has 0 radical (unpaired) electrons. The molecule has 0 bridgehead atoms. The summed E-state index contributed by atoms with van der Waals surface area (Å²) in [5.41, 5.74) is 2.59. The Morgan fingerprint density at radius 3 is 2.28 bits per heavy atom. The fraction of sp³-hybridized carbons (Fsp3) is 0.486. The van der Waals surface area contributed by atoms with Crippen LogP contribution in [0.3, 0.4) is 0 Å². The van der Waals surface area contributed by atoms with E-state index in [2.05, 4.69) is 5.32 Å². The molecule has 6 rings (SSSR count). The van der Waals surface area contributed by atoms with Gasteiger partial charge in [-0.3, -0.25) is 4.90 Å². The third-order valence-electron chi connectivity index (χ3n) is 9.71. The largest absolute Gasteiger partial charge is 0.490 e. The first-order valence-corrected chi connectivity index (χ1v) is 15.5. The van der Waals surface area contributed by atoms with Crippen LogP contribution < -0.4 is 14.8 Å². The Kier molecular flexibility index (Phi) is 8.96. The zero-order chi connectivity index (χ0) is 30.0. The summed E-state index contributed by atoms with van der Waals surface area (Å²) in [6, 6.07) is 16.2. The van der Waals surface area contributed by atoms with E-state index in [-0.39, 0.29) is 23.5 Å². The molecule has 1 aliphatic carbocycles. The first-order valence-electron chi connectivity index (χ1n) is 15.5. The standard InChI is InChI=1S/C35H40F4N2O2/c1-23-17-25-18-27(42-22-24-5-3-2-4-6-24)7-8-29(25)34(41(23)21-32(38)39)33-30(36)19-28(20-31(33)37)43-26-9-11-35(12-10-26)13-15-40-16-14-35/h2-8,18-20,23,26,32,34,40H,9-17,21-22H2,1H3/t23-,34?/m1/s1. The topological polar surface area (TPSA) is 33.7 Å². The van der Waals surface area contributed by atoms with Crippen LogP contribution in [0, 0.1) is 17.0 Å². The number of hydrogen-bond donors (Lipinski definition) is 1. The number of benzene rings is 3. The SMILES string of the molecule is C[C@@H]1Cc2cc(OCc3ccccc3)ccc2C(c2c(F)cc(OC3CCC4(CCNCC4)CC3)cc2F)N1CC(F)F. The summed E-state index contributed by atoms with van der Waals surface area (Å²) in [7, 11) is 0. The van der Waals surface area contributed by atoms with Crippen molar-refractivity contribution in [3.8, 4) is 11.5 Å². The lowest BCUT2D eigenvalue weighted by molar-refractivity contribution is 0.0441. The Balaban J connectivity index is 1.24. The van der Waals surface area contributed by atoms with Crippen molar-refractivity contribution in [2.75, 3.05) is 19.6 Å². The molecule has 0 aromatic heterocycles. The van der Waals surface area contributed by atoms with Crippen molar-refractivity contribution in [1.82, 2.24) is 10.2 Å². The molecule has 4 nitrogen and oxygen atoms in total. The normalized spacial score (nSPS) is 22.5. The Labute approximate surface area is 251 Å². The van der Waals surface area contributed by atoms with Crippen LogP contribution >= 0.6 is 0 Å². The second kappa shape index (κ2) is 12.9. The molecule has 3 aliphatic rings. The van der Waals surface area contributed by atoms with Crippen molar-refractivity contribution in [3.63, 3.8) is 0 Å². The van der Waals surface area contributed by atoms with E-state index in [4.69, 9.17) is 9.47 Å². The van der Waals surface area contributed by atoms with E-state index in [1.807, 2.05) is 43.3 Å². The molecule has 2 atom stereocenters. The van der Waals surface area contributed by atoms with Crippen molar-refractivity contribution in [2.45, 2.75) is 83.1 Å². The quantitative estimate of drug-likeness (QED) is 0.269. The molecule has 3 aromatic carbocycles. The van der Waals surface area contributed by atoms with E-state index < -0.39 is 30.6 Å². The third kappa shape index (κ3) is 6.70. The predicted octanol–water partition coefficient (Wildman–Crippen LogP) is 7.84. The van der Waals surface area contributed by atoms with Gasteiger partial charge in [-0.2, -0.15) is 0 Å². The van der Waals surface area contributed by atoms with E-state index >= 15 is 8.78 Å². The number of piperidine rings is 1. The molecule has 3 aromatic rings. The van der Waals surface area contributed by atoms with Gasteiger partial charge in [-0.25, -0.2) is 17.6 Å². The molecule has 2 aliphatic heterocycles. The minimum absolute atomic E-state index is 0.0924. The number of nitrogens with zero attached hydrogens (tertiary/aromatic N) is 1. The Bertz CT molecular complexity index is 1360. The fourth-order valence-corrected chi connectivity index (χ4v) is 7.35. The zero-order valence-corrected chi connectivity index (χ0v) is 24.6. The second-order valence-corrected chi connectivity index (χ2v) is 12.5. The maximum absolute atomic E-state index is 15.9. The van der Waals surface area contributed by atoms with Crippen LogP contribution in [0.1, 0.15) is 73.7 Å². The maximum atomic E-state index is 15.9. The van der Waals surface area contributed by atoms with Gasteiger partial charge >= 0.3 is 0 Å². The van der Waals surface area contributed by atoms with Gasteiger partial charge in [-0.1, -0.05) is 36.4 Å². The molecule has 43 heavy (non-hydrogen) atoms. The summed E-state index contributed by atoms with van der Waals surface area (Å²) in [4.78, 5) is 1.51. The number of ether oxygens (including phenoxy) is 2. The highest BCUT2D eigenvalue weighted by Crippen LogP contribution is 2.45. The average Bonchev–Trinajstić information content (AvgIpc) is 2.99. The molecule has 1 spiro atoms. The van der Waals surface area contributed by atoms with Gasteiger partial charge in [0.2, 0.25) is 0 Å². The molecule has 1 unspecified atom stereocenters. The predicted molar refractivity (Wildman–Crippen MR) is 159 cm³/mol. The number of nitrogens with one attached hydrogen (secondary N) is 1. The molecule has 1 saturated heterocycles. The van der Waals surface area contributed by atoms with Crippen LogP contribution in [-0.4, -0.2) is 43.1 Å². The van der Waals surface area contributed by atoms with Crippen molar-refractivity contribution in [2.24, 2.45) is 5.41 Å². The number of hydrogen-bond acceptors (Lipinski definition) is 4. The van der Waals surface area contributed by atoms with Crippen molar-refractivity contribution in [3.05, 3.63) is 94.6 Å². The first kappa shape index (κ1) is 29.9. The zero-order valence-electron chi connectivity index (χ0n) is 24.6. The summed E-state index contributed by atoms with van der Waals surface area (Å²) in [6.45, 7) is 3.68. The maximum Gasteiger partial charge on any atom is 0.251 e. The van der Waals surface area contributed by atoms with Crippen LogP contribution in [0.2, 0.25) is 0 Å². The van der Waals surface area contributed by atoms with Crippen LogP contribution in [0.15, 0.2) is 60.7 Å². The minimum Gasteiger partial charge on any atom is -0.490 e. The lowest BCUT2D eigenvalue weighted by atomic mass is 9.68. The van der Waals surface area contributed by atoms with E-state index in [1.165, 1.54) is 17.0 Å². The second-order valence-electron chi connectivity index (χ2n) is 12.5. The van der Waals surface area contributed by atoms with E-state index in [0.717, 1.165) is 62.7 Å². The van der Waals surface area contributed by atoms with Gasteiger partial charge in [0.05, 0.1) is 18.7 Å².